The maximum Gasteiger partial charge on any atom is 0.272 e. The maximum absolute atomic E-state index is 13.1. The van der Waals surface area contributed by atoms with Crippen molar-refractivity contribution in [3.63, 3.8) is 0 Å². The second-order valence-electron chi connectivity index (χ2n) is 8.19. The Morgan fingerprint density at radius 1 is 1.14 bits per heavy atom. The van der Waals surface area contributed by atoms with E-state index in [4.69, 9.17) is 9.47 Å². The molecule has 0 radical (unpaired) electrons. The normalized spacial score (nSPS) is 20.1. The summed E-state index contributed by atoms with van der Waals surface area (Å²) in [7, 11) is 0. The van der Waals surface area contributed by atoms with Crippen LogP contribution >= 0.6 is 0 Å². The van der Waals surface area contributed by atoms with Crippen molar-refractivity contribution >= 4 is 5.91 Å². The van der Waals surface area contributed by atoms with Crippen LogP contribution < -0.4 is 4.74 Å². The molecule has 29 heavy (non-hydrogen) atoms. The highest BCUT2D eigenvalue weighted by molar-refractivity contribution is 5.96. The molecule has 1 aromatic heterocycles. The summed E-state index contributed by atoms with van der Waals surface area (Å²) in [5.41, 5.74) is 3.26. The van der Waals surface area contributed by atoms with Crippen LogP contribution in [0.3, 0.4) is 0 Å². The molecule has 0 unspecified atom stereocenters. The van der Waals surface area contributed by atoms with Crippen LogP contribution in [0.15, 0.2) is 24.3 Å². The average molecular weight is 396 g/mol. The first-order valence-electron chi connectivity index (χ1n) is 10.7. The van der Waals surface area contributed by atoms with Crippen LogP contribution in [0.2, 0.25) is 0 Å². The highest BCUT2D eigenvalue weighted by atomic mass is 16.5. The standard InChI is InChI=1S/C22H28N4O3/c27-22(21-18-15-29-19-4-2-1-3-17(19)20(18)23-24-21)26-9-6-16(7-10-26)5-8-25-11-13-28-14-12-25/h1-4,16H,5-15H2,(H,23,24). The molecule has 154 valence electrons. The van der Waals surface area contributed by atoms with E-state index in [2.05, 4.69) is 15.1 Å². The number of carbonyl (C=O) groups excluding carboxylic acids is 1. The smallest absolute Gasteiger partial charge is 0.272 e. The number of benzene rings is 1. The molecule has 5 rings (SSSR count). The SMILES string of the molecule is O=C(c1[nH]nc2c1COc1ccccc1-2)N1CCC(CCN2CCOCC2)CC1. The number of piperidine rings is 1. The van der Waals surface area contributed by atoms with Gasteiger partial charge in [-0.25, -0.2) is 0 Å². The summed E-state index contributed by atoms with van der Waals surface area (Å²) >= 11 is 0. The lowest BCUT2D eigenvalue weighted by molar-refractivity contribution is 0.0331. The van der Waals surface area contributed by atoms with E-state index in [1.165, 1.54) is 6.42 Å². The van der Waals surface area contributed by atoms with Crippen LogP contribution in [0.25, 0.3) is 11.3 Å². The van der Waals surface area contributed by atoms with E-state index < -0.39 is 0 Å². The van der Waals surface area contributed by atoms with Crippen LogP contribution in [-0.4, -0.2) is 71.8 Å². The number of ether oxygens (including phenoxy) is 2. The fourth-order valence-electron chi connectivity index (χ4n) is 4.62. The number of carbonyl (C=O) groups is 1. The molecule has 0 saturated carbocycles. The van der Waals surface area contributed by atoms with Crippen molar-refractivity contribution in [2.24, 2.45) is 5.92 Å². The van der Waals surface area contributed by atoms with Crippen molar-refractivity contribution in [1.29, 1.82) is 0 Å². The number of nitrogens with one attached hydrogen (secondary N) is 1. The molecule has 7 nitrogen and oxygen atoms in total. The number of hydrogen-bond donors (Lipinski definition) is 1. The van der Waals surface area contributed by atoms with E-state index in [1.54, 1.807) is 0 Å². The Labute approximate surface area is 171 Å². The Bertz CT molecular complexity index is 867. The molecule has 0 spiro atoms. The summed E-state index contributed by atoms with van der Waals surface area (Å²) in [6.07, 6.45) is 3.36. The summed E-state index contributed by atoms with van der Waals surface area (Å²) in [4.78, 5) is 17.6. The molecule has 1 aromatic carbocycles. The molecule has 2 aromatic rings. The molecule has 0 atom stereocenters. The lowest BCUT2D eigenvalue weighted by Crippen LogP contribution is -2.41. The summed E-state index contributed by atoms with van der Waals surface area (Å²) in [6.45, 7) is 6.98. The molecule has 2 saturated heterocycles. The quantitative estimate of drug-likeness (QED) is 0.860. The van der Waals surface area contributed by atoms with Crippen molar-refractivity contribution in [3.05, 3.63) is 35.5 Å². The molecule has 2 fully saturated rings. The average Bonchev–Trinajstić information content (AvgIpc) is 3.23. The lowest BCUT2D eigenvalue weighted by Gasteiger charge is -2.34. The zero-order chi connectivity index (χ0) is 19.6. The van der Waals surface area contributed by atoms with E-state index in [-0.39, 0.29) is 5.91 Å². The number of para-hydroxylation sites is 1. The fraction of sp³-hybridized carbons (Fsp3) is 0.545. The van der Waals surface area contributed by atoms with Gasteiger partial charge in [0.05, 0.1) is 13.2 Å². The topological polar surface area (TPSA) is 70.7 Å². The Kier molecular flexibility index (Phi) is 5.24. The van der Waals surface area contributed by atoms with Crippen LogP contribution in [-0.2, 0) is 11.3 Å². The van der Waals surface area contributed by atoms with E-state index in [9.17, 15) is 4.79 Å². The largest absolute Gasteiger partial charge is 0.488 e. The lowest BCUT2D eigenvalue weighted by atomic mass is 9.93. The van der Waals surface area contributed by atoms with Crippen LogP contribution in [0.4, 0.5) is 0 Å². The van der Waals surface area contributed by atoms with Gasteiger partial charge >= 0.3 is 0 Å². The Balaban J connectivity index is 1.19. The van der Waals surface area contributed by atoms with Gasteiger partial charge in [-0.15, -0.1) is 0 Å². The maximum atomic E-state index is 13.1. The number of rotatable bonds is 4. The minimum Gasteiger partial charge on any atom is -0.488 e. The minimum atomic E-state index is 0.0494. The minimum absolute atomic E-state index is 0.0494. The number of amides is 1. The van der Waals surface area contributed by atoms with Gasteiger partial charge in [0.15, 0.2) is 0 Å². The molecule has 7 heteroatoms. The van der Waals surface area contributed by atoms with Crippen molar-refractivity contribution in [2.45, 2.75) is 25.9 Å². The molecule has 4 heterocycles. The monoisotopic (exact) mass is 396 g/mol. The predicted molar refractivity (Wildman–Crippen MR) is 109 cm³/mol. The van der Waals surface area contributed by atoms with Crippen molar-refractivity contribution < 1.29 is 14.3 Å². The summed E-state index contributed by atoms with van der Waals surface area (Å²) in [6, 6.07) is 7.85. The van der Waals surface area contributed by atoms with Crippen molar-refractivity contribution in [1.82, 2.24) is 20.0 Å². The molecule has 1 amide bonds. The molecule has 3 aliphatic rings. The molecule has 0 aliphatic carbocycles. The second kappa shape index (κ2) is 8.16. The third-order valence-electron chi connectivity index (χ3n) is 6.45. The molecular weight excluding hydrogens is 368 g/mol. The van der Waals surface area contributed by atoms with E-state index >= 15 is 0 Å². The summed E-state index contributed by atoms with van der Waals surface area (Å²) in [5.74, 6) is 1.58. The predicted octanol–water partition coefficient (Wildman–Crippen LogP) is 2.54. The number of fused-ring (bicyclic) bond motifs is 3. The zero-order valence-electron chi connectivity index (χ0n) is 16.7. The summed E-state index contributed by atoms with van der Waals surface area (Å²) in [5, 5.41) is 7.44. The number of aromatic amines is 1. The van der Waals surface area contributed by atoms with Crippen LogP contribution in [0.5, 0.6) is 5.75 Å². The van der Waals surface area contributed by atoms with Crippen molar-refractivity contribution in [3.8, 4) is 17.0 Å². The van der Waals surface area contributed by atoms with Gasteiger partial charge in [0.2, 0.25) is 0 Å². The second-order valence-corrected chi connectivity index (χ2v) is 8.19. The third kappa shape index (κ3) is 3.76. The van der Waals surface area contributed by atoms with Gasteiger partial charge in [-0.2, -0.15) is 5.10 Å². The number of H-pyrrole nitrogens is 1. The van der Waals surface area contributed by atoms with Gasteiger partial charge in [-0.05, 0) is 43.9 Å². The highest BCUT2D eigenvalue weighted by Gasteiger charge is 2.30. The van der Waals surface area contributed by atoms with Gasteiger partial charge < -0.3 is 14.4 Å². The highest BCUT2D eigenvalue weighted by Crippen LogP contribution is 2.37. The van der Waals surface area contributed by atoms with Gasteiger partial charge in [-0.3, -0.25) is 14.8 Å². The zero-order valence-corrected chi connectivity index (χ0v) is 16.7. The Morgan fingerprint density at radius 3 is 2.76 bits per heavy atom. The first-order chi connectivity index (χ1) is 14.3. The van der Waals surface area contributed by atoms with E-state index in [0.717, 1.165) is 81.3 Å². The Hall–Kier alpha value is -2.38. The molecular formula is C22H28N4O3. The van der Waals surface area contributed by atoms with Crippen molar-refractivity contribution in [2.75, 3.05) is 45.9 Å². The molecule has 0 bridgehead atoms. The number of likely N-dealkylation sites (tertiary alicyclic amines) is 1. The first kappa shape index (κ1) is 18.6. The van der Waals surface area contributed by atoms with Crippen LogP contribution in [0.1, 0.15) is 35.3 Å². The van der Waals surface area contributed by atoms with E-state index in [1.807, 2.05) is 29.2 Å². The van der Waals surface area contributed by atoms with E-state index in [0.29, 0.717) is 18.2 Å². The van der Waals surface area contributed by atoms with Gasteiger partial charge in [-0.1, -0.05) is 12.1 Å². The number of hydrogen-bond acceptors (Lipinski definition) is 5. The third-order valence-corrected chi connectivity index (χ3v) is 6.45. The molecule has 3 aliphatic heterocycles. The summed E-state index contributed by atoms with van der Waals surface area (Å²) < 4.78 is 11.3. The first-order valence-corrected chi connectivity index (χ1v) is 10.7. The number of aromatic nitrogens is 2. The number of nitrogens with zero attached hydrogens (tertiary/aromatic N) is 3. The fourth-order valence-corrected chi connectivity index (χ4v) is 4.62. The number of morpholine rings is 1. The van der Waals surface area contributed by atoms with Gasteiger partial charge in [0, 0.05) is 37.3 Å². The molecule has 1 N–H and O–H groups in total. The van der Waals surface area contributed by atoms with Gasteiger partial charge in [0.1, 0.15) is 23.7 Å². The van der Waals surface area contributed by atoms with Gasteiger partial charge in [0.25, 0.3) is 5.91 Å². The Morgan fingerprint density at radius 2 is 1.93 bits per heavy atom. The van der Waals surface area contributed by atoms with Crippen LogP contribution in [0, 0.1) is 5.92 Å².